The predicted molar refractivity (Wildman–Crippen MR) is 231 cm³/mol. The van der Waals surface area contributed by atoms with Crippen LogP contribution < -0.4 is 4.74 Å². The van der Waals surface area contributed by atoms with Crippen LogP contribution in [0, 0.1) is 17.8 Å². The molecule has 4 heteroatoms. The van der Waals surface area contributed by atoms with Crippen LogP contribution in [0.4, 0.5) is 0 Å². The van der Waals surface area contributed by atoms with Crippen molar-refractivity contribution in [2.45, 2.75) is 61.7 Å². The first kappa shape index (κ1) is 32.9. The smallest absolute Gasteiger partial charge is 0.164 e. The van der Waals surface area contributed by atoms with E-state index in [2.05, 4.69) is 152 Å². The Hall–Kier alpha value is -6.13. The van der Waals surface area contributed by atoms with Crippen LogP contribution in [-0.2, 0) is 10.8 Å². The molecule has 4 nitrogen and oxygen atoms in total. The molecule has 7 aromatic rings. The topological polar surface area (TPSA) is 47.9 Å². The maximum Gasteiger partial charge on any atom is 0.164 e. The van der Waals surface area contributed by atoms with Gasteiger partial charge in [-0.1, -0.05) is 140 Å². The average molecular weight is 750 g/mol. The Morgan fingerprint density at radius 3 is 1.91 bits per heavy atom. The van der Waals surface area contributed by atoms with Crippen molar-refractivity contribution in [2.24, 2.45) is 17.8 Å². The molecule has 280 valence electrons. The van der Waals surface area contributed by atoms with E-state index in [4.69, 9.17) is 19.7 Å². The van der Waals surface area contributed by atoms with E-state index in [9.17, 15) is 0 Å². The summed E-state index contributed by atoms with van der Waals surface area (Å²) < 4.78 is 6.65. The van der Waals surface area contributed by atoms with Gasteiger partial charge in [0.25, 0.3) is 0 Å². The van der Waals surface area contributed by atoms with Crippen LogP contribution in [-0.4, -0.2) is 15.0 Å². The average Bonchev–Trinajstić information content (AvgIpc) is 3.56. The van der Waals surface area contributed by atoms with E-state index in [-0.39, 0.29) is 11.3 Å². The van der Waals surface area contributed by atoms with Crippen LogP contribution in [0.3, 0.4) is 0 Å². The number of hydrogen-bond acceptors (Lipinski definition) is 4. The van der Waals surface area contributed by atoms with Crippen molar-refractivity contribution in [1.82, 2.24) is 15.0 Å². The molecule has 4 saturated carbocycles. The normalized spacial score (nSPS) is 25.1. The molecule has 1 spiro atoms. The summed E-state index contributed by atoms with van der Waals surface area (Å²) in [4.78, 5) is 16.8. The molecule has 7 aliphatic rings. The van der Waals surface area contributed by atoms with E-state index in [1.165, 1.54) is 93.8 Å². The third-order valence-electron chi connectivity index (χ3n) is 14.8. The molecule has 1 atom stereocenters. The van der Waals surface area contributed by atoms with E-state index in [0.29, 0.717) is 0 Å². The number of aromatic nitrogens is 3. The second-order valence-electron chi connectivity index (χ2n) is 18.0. The molecule has 1 aliphatic heterocycles. The molecule has 14 rings (SSSR count). The molecule has 58 heavy (non-hydrogen) atoms. The summed E-state index contributed by atoms with van der Waals surface area (Å²) in [5, 5.41) is 2.40. The van der Waals surface area contributed by atoms with Gasteiger partial charge in [-0.25, -0.2) is 15.0 Å². The van der Waals surface area contributed by atoms with Crippen molar-refractivity contribution in [1.29, 1.82) is 0 Å². The number of benzene rings is 6. The van der Waals surface area contributed by atoms with Gasteiger partial charge in [-0.2, -0.15) is 0 Å². The Balaban J connectivity index is 1.03. The van der Waals surface area contributed by atoms with Crippen LogP contribution in [0.25, 0.3) is 38.9 Å². The highest BCUT2D eigenvalue weighted by Crippen LogP contribution is 2.64. The lowest BCUT2D eigenvalue weighted by Gasteiger charge is -2.56. The van der Waals surface area contributed by atoms with Crippen molar-refractivity contribution < 1.29 is 4.74 Å². The molecule has 0 radical (unpaired) electrons. The van der Waals surface area contributed by atoms with Crippen LogP contribution in [0.15, 0.2) is 152 Å². The molecule has 6 aliphatic carbocycles. The van der Waals surface area contributed by atoms with E-state index in [0.717, 1.165) is 58.7 Å². The minimum Gasteiger partial charge on any atom is -0.457 e. The van der Waals surface area contributed by atoms with Gasteiger partial charge in [-0.05, 0) is 119 Å². The Kier molecular flexibility index (Phi) is 6.92. The van der Waals surface area contributed by atoms with Crippen molar-refractivity contribution in [3.05, 3.63) is 191 Å². The van der Waals surface area contributed by atoms with E-state index < -0.39 is 5.41 Å². The van der Waals surface area contributed by atoms with Gasteiger partial charge in [0, 0.05) is 28.0 Å². The first-order valence-corrected chi connectivity index (χ1v) is 21.4. The minimum absolute atomic E-state index is 0.0288. The van der Waals surface area contributed by atoms with E-state index in [1.54, 1.807) is 0 Å². The van der Waals surface area contributed by atoms with Crippen molar-refractivity contribution in [2.75, 3.05) is 0 Å². The van der Waals surface area contributed by atoms with E-state index in [1.807, 2.05) is 0 Å². The molecule has 4 fully saturated rings. The van der Waals surface area contributed by atoms with Crippen LogP contribution in [0.5, 0.6) is 11.5 Å². The SMILES string of the molecule is C1=CCC(c2nc(-c3cccc4ccccc34)nc(C34CC5CC(CC(C5)C3)C4)n2)C(c2cccc3c2-c2ccccc2C32c3ccccc3Oc3ccccc32)=C1. The molecule has 1 unspecified atom stereocenters. The first-order valence-electron chi connectivity index (χ1n) is 21.4. The molecular formula is C54H43N3O. The second-order valence-corrected chi connectivity index (χ2v) is 18.0. The van der Waals surface area contributed by atoms with E-state index >= 15 is 0 Å². The molecular weight excluding hydrogens is 707 g/mol. The Morgan fingerprint density at radius 1 is 0.534 bits per heavy atom. The zero-order chi connectivity index (χ0) is 38.0. The van der Waals surface area contributed by atoms with Gasteiger partial charge in [0.1, 0.15) is 23.1 Å². The number of allylic oxidation sites excluding steroid dienone is 4. The molecule has 6 aromatic carbocycles. The highest BCUT2D eigenvalue weighted by molar-refractivity contribution is 5.97. The number of para-hydroxylation sites is 2. The third-order valence-corrected chi connectivity index (χ3v) is 14.8. The van der Waals surface area contributed by atoms with Crippen LogP contribution in [0.2, 0.25) is 0 Å². The molecule has 0 saturated heterocycles. The van der Waals surface area contributed by atoms with Crippen molar-refractivity contribution in [3.63, 3.8) is 0 Å². The minimum atomic E-state index is -0.520. The predicted octanol–water partition coefficient (Wildman–Crippen LogP) is 12.8. The van der Waals surface area contributed by atoms with Crippen LogP contribution >= 0.6 is 0 Å². The van der Waals surface area contributed by atoms with Gasteiger partial charge in [0.05, 0.1) is 5.41 Å². The van der Waals surface area contributed by atoms with Gasteiger partial charge >= 0.3 is 0 Å². The highest BCUT2D eigenvalue weighted by Gasteiger charge is 2.54. The van der Waals surface area contributed by atoms with Crippen molar-refractivity contribution in [3.8, 4) is 34.0 Å². The summed E-state index contributed by atoms with van der Waals surface area (Å²) in [5.41, 5.74) is 10.7. The summed E-state index contributed by atoms with van der Waals surface area (Å²) in [6.45, 7) is 0. The third kappa shape index (κ3) is 4.55. The zero-order valence-electron chi connectivity index (χ0n) is 32.4. The van der Waals surface area contributed by atoms with Gasteiger partial charge in [0.2, 0.25) is 0 Å². The Bertz CT molecular complexity index is 2830. The van der Waals surface area contributed by atoms with Crippen molar-refractivity contribution >= 4 is 16.3 Å². The van der Waals surface area contributed by atoms with Gasteiger partial charge < -0.3 is 4.74 Å². The quantitative estimate of drug-likeness (QED) is 0.180. The number of hydrogen-bond donors (Lipinski definition) is 0. The zero-order valence-corrected chi connectivity index (χ0v) is 32.4. The summed E-state index contributed by atoms with van der Waals surface area (Å²) in [5.74, 6) is 6.94. The molecule has 0 N–H and O–H groups in total. The largest absolute Gasteiger partial charge is 0.457 e. The maximum atomic E-state index is 6.65. The summed E-state index contributed by atoms with van der Waals surface area (Å²) in [7, 11) is 0. The van der Waals surface area contributed by atoms with Gasteiger partial charge in [-0.3, -0.25) is 0 Å². The lowest BCUT2D eigenvalue weighted by molar-refractivity contribution is -0.00957. The lowest BCUT2D eigenvalue weighted by atomic mass is 9.49. The fourth-order valence-electron chi connectivity index (χ4n) is 13.0. The monoisotopic (exact) mass is 749 g/mol. The Morgan fingerprint density at radius 2 is 1.14 bits per heavy atom. The number of rotatable bonds is 4. The first-order chi connectivity index (χ1) is 28.7. The van der Waals surface area contributed by atoms with Crippen LogP contribution in [0.1, 0.15) is 90.3 Å². The fourth-order valence-corrected chi connectivity index (χ4v) is 13.0. The maximum absolute atomic E-state index is 6.65. The fraction of sp³-hybridized carbons (Fsp3) is 0.241. The number of nitrogens with zero attached hydrogens (tertiary/aromatic N) is 3. The standard InChI is InChI=1S/C54H43N3O/c1-2-15-37-36(13-1)14-11-20-40(37)50-55-51(57-52(56-50)53-30-33-27-34(31-53)29-35(28-33)32-53)41-17-4-3-16-38(41)39-19-12-24-46-49(39)42-18-5-6-21-43(42)54(46)44-22-7-9-25-47(44)58-48-26-10-8-23-45(48)54/h1-16,18-26,33-35,41H,17,27-32H2. The lowest BCUT2D eigenvalue weighted by Crippen LogP contribution is -2.49. The summed E-state index contributed by atoms with van der Waals surface area (Å²) in [6.07, 6.45) is 15.5. The Labute approximate surface area is 339 Å². The highest BCUT2D eigenvalue weighted by atomic mass is 16.5. The number of ether oxygens (including phenoxy) is 1. The molecule has 1 aromatic heterocycles. The summed E-state index contributed by atoms with van der Waals surface area (Å²) >= 11 is 0. The van der Waals surface area contributed by atoms with Gasteiger partial charge in [-0.15, -0.1) is 0 Å². The molecule has 4 bridgehead atoms. The summed E-state index contributed by atoms with van der Waals surface area (Å²) in [6, 6.07) is 48.5. The second kappa shape index (κ2) is 12.2. The number of fused-ring (bicyclic) bond motifs is 10. The van der Waals surface area contributed by atoms with Gasteiger partial charge in [0.15, 0.2) is 5.82 Å². The molecule has 2 heterocycles. The molecule has 0 amide bonds.